The normalized spacial score (nSPS) is 16.3. The standard InChI is InChI=1S/C14H17BrO3/c1-17-14(16)18-13-8-7-11(15)9-12(13)10-5-3-2-4-6-10/h7-10H,2-6H2,1H3. The molecule has 0 atom stereocenters. The highest BCUT2D eigenvalue weighted by atomic mass is 79.9. The molecule has 0 aliphatic heterocycles. The predicted octanol–water partition coefficient (Wildman–Crippen LogP) is 4.64. The van der Waals surface area contributed by atoms with E-state index in [2.05, 4.69) is 20.7 Å². The molecule has 0 radical (unpaired) electrons. The van der Waals surface area contributed by atoms with Crippen LogP contribution in [-0.2, 0) is 4.74 Å². The summed E-state index contributed by atoms with van der Waals surface area (Å²) in [7, 11) is 1.32. The van der Waals surface area contributed by atoms with E-state index in [0.29, 0.717) is 11.7 Å². The average molecular weight is 313 g/mol. The summed E-state index contributed by atoms with van der Waals surface area (Å²) in [6, 6.07) is 5.75. The number of rotatable bonds is 2. The molecule has 0 spiro atoms. The Labute approximate surface area is 116 Å². The molecule has 4 heteroatoms. The zero-order valence-corrected chi connectivity index (χ0v) is 12.0. The zero-order valence-electron chi connectivity index (χ0n) is 10.4. The number of carbonyl (C=O) groups excluding carboxylic acids is 1. The summed E-state index contributed by atoms with van der Waals surface area (Å²) in [4.78, 5) is 11.2. The Kier molecular flexibility index (Phi) is 4.64. The van der Waals surface area contributed by atoms with Crippen molar-refractivity contribution in [1.29, 1.82) is 0 Å². The molecule has 1 aromatic carbocycles. The van der Waals surface area contributed by atoms with Crippen LogP contribution in [0.4, 0.5) is 4.79 Å². The summed E-state index contributed by atoms with van der Waals surface area (Å²) in [5.74, 6) is 1.10. The molecule has 0 saturated heterocycles. The molecule has 1 aromatic rings. The highest BCUT2D eigenvalue weighted by molar-refractivity contribution is 9.10. The number of ether oxygens (including phenoxy) is 2. The monoisotopic (exact) mass is 312 g/mol. The maximum atomic E-state index is 11.2. The van der Waals surface area contributed by atoms with E-state index in [4.69, 9.17) is 4.74 Å². The molecule has 1 saturated carbocycles. The van der Waals surface area contributed by atoms with Crippen LogP contribution >= 0.6 is 15.9 Å². The fourth-order valence-electron chi connectivity index (χ4n) is 2.48. The molecule has 2 rings (SSSR count). The second-order valence-electron chi connectivity index (χ2n) is 4.57. The Bertz CT molecular complexity index is 425. The van der Waals surface area contributed by atoms with Crippen molar-refractivity contribution in [2.45, 2.75) is 38.0 Å². The van der Waals surface area contributed by atoms with Gasteiger partial charge in [-0.1, -0.05) is 35.2 Å². The molecule has 0 unspecified atom stereocenters. The summed E-state index contributed by atoms with van der Waals surface area (Å²) in [5, 5.41) is 0. The van der Waals surface area contributed by atoms with Crippen LogP contribution in [0, 0.1) is 0 Å². The van der Waals surface area contributed by atoms with Crippen molar-refractivity contribution in [2.24, 2.45) is 0 Å². The molecule has 98 valence electrons. The number of hydrogen-bond donors (Lipinski definition) is 0. The van der Waals surface area contributed by atoms with Crippen molar-refractivity contribution < 1.29 is 14.3 Å². The average Bonchev–Trinajstić information content (AvgIpc) is 2.41. The van der Waals surface area contributed by atoms with Crippen LogP contribution in [0.2, 0.25) is 0 Å². The molecule has 0 bridgehead atoms. The highest BCUT2D eigenvalue weighted by Gasteiger charge is 2.21. The van der Waals surface area contributed by atoms with Gasteiger partial charge in [-0.05, 0) is 42.5 Å². The van der Waals surface area contributed by atoms with Crippen LogP contribution in [0.3, 0.4) is 0 Å². The Morgan fingerprint density at radius 3 is 2.67 bits per heavy atom. The molecule has 0 heterocycles. The summed E-state index contributed by atoms with van der Waals surface area (Å²) in [5.41, 5.74) is 1.11. The van der Waals surface area contributed by atoms with Crippen LogP contribution in [0.1, 0.15) is 43.6 Å². The van der Waals surface area contributed by atoms with E-state index in [9.17, 15) is 4.79 Å². The first-order valence-electron chi connectivity index (χ1n) is 6.26. The Hall–Kier alpha value is -1.03. The first-order chi connectivity index (χ1) is 8.70. The van der Waals surface area contributed by atoms with Gasteiger partial charge in [0.2, 0.25) is 0 Å². The topological polar surface area (TPSA) is 35.5 Å². The first kappa shape index (κ1) is 13.4. The van der Waals surface area contributed by atoms with Gasteiger partial charge in [0, 0.05) is 4.47 Å². The minimum absolute atomic E-state index is 0.482. The minimum atomic E-state index is -0.658. The van der Waals surface area contributed by atoms with Gasteiger partial charge in [-0.15, -0.1) is 0 Å². The Morgan fingerprint density at radius 1 is 1.28 bits per heavy atom. The summed E-state index contributed by atoms with van der Waals surface area (Å²) in [6.45, 7) is 0. The van der Waals surface area contributed by atoms with Crippen molar-refractivity contribution in [2.75, 3.05) is 7.11 Å². The van der Waals surface area contributed by atoms with Crippen molar-refractivity contribution in [3.63, 3.8) is 0 Å². The first-order valence-corrected chi connectivity index (χ1v) is 7.05. The molecular formula is C14H17BrO3. The second kappa shape index (κ2) is 6.23. The van der Waals surface area contributed by atoms with Gasteiger partial charge in [0.05, 0.1) is 7.11 Å². The smallest absolute Gasteiger partial charge is 0.437 e. The van der Waals surface area contributed by atoms with E-state index >= 15 is 0 Å². The summed E-state index contributed by atoms with van der Waals surface area (Å²) in [6.07, 6.45) is 5.46. The Balaban J connectivity index is 2.24. The number of methoxy groups -OCH3 is 1. The Morgan fingerprint density at radius 2 is 2.00 bits per heavy atom. The van der Waals surface area contributed by atoms with Crippen LogP contribution in [0.25, 0.3) is 0 Å². The molecule has 18 heavy (non-hydrogen) atoms. The molecular weight excluding hydrogens is 296 g/mol. The van der Waals surface area contributed by atoms with E-state index in [-0.39, 0.29) is 0 Å². The predicted molar refractivity (Wildman–Crippen MR) is 73.0 cm³/mol. The number of benzene rings is 1. The van der Waals surface area contributed by atoms with Crippen LogP contribution in [0.5, 0.6) is 5.75 Å². The van der Waals surface area contributed by atoms with Crippen molar-refractivity contribution >= 4 is 22.1 Å². The maximum Gasteiger partial charge on any atom is 0.513 e. The van der Waals surface area contributed by atoms with E-state index in [1.54, 1.807) is 0 Å². The molecule has 0 N–H and O–H groups in total. The maximum absolute atomic E-state index is 11.2. The molecule has 3 nitrogen and oxygen atoms in total. The number of hydrogen-bond acceptors (Lipinski definition) is 3. The third-order valence-electron chi connectivity index (χ3n) is 3.38. The van der Waals surface area contributed by atoms with E-state index in [1.807, 2.05) is 18.2 Å². The number of carbonyl (C=O) groups is 1. The van der Waals surface area contributed by atoms with Gasteiger partial charge in [0.25, 0.3) is 0 Å². The fraction of sp³-hybridized carbons (Fsp3) is 0.500. The quantitative estimate of drug-likeness (QED) is 0.589. The zero-order chi connectivity index (χ0) is 13.0. The molecule has 1 fully saturated rings. The van der Waals surface area contributed by atoms with E-state index < -0.39 is 6.16 Å². The number of halogens is 1. The van der Waals surface area contributed by atoms with E-state index in [1.165, 1.54) is 26.4 Å². The van der Waals surface area contributed by atoms with Crippen molar-refractivity contribution in [3.8, 4) is 5.75 Å². The molecule has 0 aromatic heterocycles. The van der Waals surface area contributed by atoms with Gasteiger partial charge in [0.1, 0.15) is 5.75 Å². The van der Waals surface area contributed by atoms with Gasteiger partial charge in [-0.3, -0.25) is 0 Å². The second-order valence-corrected chi connectivity index (χ2v) is 5.49. The molecule has 0 amide bonds. The molecule has 1 aliphatic rings. The summed E-state index contributed by atoms with van der Waals surface area (Å²) >= 11 is 3.47. The third-order valence-corrected chi connectivity index (χ3v) is 3.87. The lowest BCUT2D eigenvalue weighted by molar-refractivity contribution is 0.120. The minimum Gasteiger partial charge on any atom is -0.437 e. The highest BCUT2D eigenvalue weighted by Crippen LogP contribution is 2.38. The largest absolute Gasteiger partial charge is 0.513 e. The van der Waals surface area contributed by atoms with Crippen LogP contribution in [0.15, 0.2) is 22.7 Å². The van der Waals surface area contributed by atoms with Gasteiger partial charge < -0.3 is 9.47 Å². The van der Waals surface area contributed by atoms with Gasteiger partial charge in [-0.2, -0.15) is 0 Å². The van der Waals surface area contributed by atoms with Gasteiger partial charge in [0.15, 0.2) is 0 Å². The van der Waals surface area contributed by atoms with Gasteiger partial charge >= 0.3 is 6.16 Å². The van der Waals surface area contributed by atoms with Crippen molar-refractivity contribution in [3.05, 3.63) is 28.2 Å². The van der Waals surface area contributed by atoms with Gasteiger partial charge in [-0.25, -0.2) is 4.79 Å². The third kappa shape index (κ3) is 3.25. The van der Waals surface area contributed by atoms with Crippen LogP contribution < -0.4 is 4.74 Å². The summed E-state index contributed by atoms with van der Waals surface area (Å²) < 4.78 is 10.8. The van der Waals surface area contributed by atoms with Crippen molar-refractivity contribution in [1.82, 2.24) is 0 Å². The molecule has 1 aliphatic carbocycles. The van der Waals surface area contributed by atoms with E-state index in [0.717, 1.165) is 22.9 Å². The lowest BCUT2D eigenvalue weighted by atomic mass is 9.84. The lowest BCUT2D eigenvalue weighted by Gasteiger charge is -2.23. The van der Waals surface area contributed by atoms with Crippen LogP contribution in [-0.4, -0.2) is 13.3 Å². The lowest BCUT2D eigenvalue weighted by Crippen LogP contribution is -2.12. The SMILES string of the molecule is COC(=O)Oc1ccc(Br)cc1C1CCCCC1. The fourth-order valence-corrected chi connectivity index (χ4v) is 2.86.